The monoisotopic (exact) mass is 330 g/mol. The van der Waals surface area contributed by atoms with Gasteiger partial charge in [-0.1, -0.05) is 27.7 Å². The number of amides is 2. The molecule has 4 N–H and O–H groups in total. The van der Waals surface area contributed by atoms with Crippen LogP contribution >= 0.6 is 0 Å². The number of carboxylic acid groups (broad SMARTS) is 2. The Hall–Kier alpha value is -2.12. The quantitative estimate of drug-likeness (QED) is 0.460. The molecule has 0 aliphatic carbocycles. The van der Waals surface area contributed by atoms with Crippen molar-refractivity contribution in [3.05, 3.63) is 0 Å². The molecule has 0 rings (SSSR count). The third kappa shape index (κ3) is 8.80. The van der Waals surface area contributed by atoms with Gasteiger partial charge in [0, 0.05) is 5.92 Å². The normalized spacial score (nSPS) is 13.5. The van der Waals surface area contributed by atoms with Gasteiger partial charge >= 0.3 is 11.9 Å². The van der Waals surface area contributed by atoms with Crippen LogP contribution in [0, 0.1) is 17.8 Å². The molecule has 0 aliphatic heterocycles. The summed E-state index contributed by atoms with van der Waals surface area (Å²) in [7, 11) is 0. The lowest BCUT2D eigenvalue weighted by molar-refractivity contribution is -0.143. The van der Waals surface area contributed by atoms with E-state index in [2.05, 4.69) is 10.6 Å². The van der Waals surface area contributed by atoms with E-state index in [0.29, 0.717) is 6.42 Å². The van der Waals surface area contributed by atoms with Crippen LogP contribution in [0.1, 0.15) is 40.5 Å². The first-order chi connectivity index (χ1) is 10.5. The molecule has 132 valence electrons. The maximum absolute atomic E-state index is 12.0. The Balaban J connectivity index is 4.55. The zero-order chi connectivity index (χ0) is 18.2. The molecule has 2 amide bonds. The maximum atomic E-state index is 12.0. The molecule has 0 heterocycles. The minimum Gasteiger partial charge on any atom is -0.481 e. The van der Waals surface area contributed by atoms with Crippen molar-refractivity contribution in [1.82, 2.24) is 10.6 Å². The number of carbonyl (C=O) groups is 4. The lowest BCUT2D eigenvalue weighted by Gasteiger charge is -2.19. The van der Waals surface area contributed by atoms with E-state index in [-0.39, 0.29) is 24.8 Å². The van der Waals surface area contributed by atoms with E-state index in [1.807, 2.05) is 13.8 Å². The molecule has 0 aromatic rings. The SMILES string of the molecule is CC(C)CC(CC(=O)O)C(=O)NCC(=O)N[C@H](C(=O)O)C(C)C. The van der Waals surface area contributed by atoms with Crippen LogP contribution in [-0.2, 0) is 19.2 Å². The molecule has 0 aromatic heterocycles. The first-order valence-corrected chi connectivity index (χ1v) is 7.56. The van der Waals surface area contributed by atoms with E-state index in [9.17, 15) is 19.2 Å². The highest BCUT2D eigenvalue weighted by Crippen LogP contribution is 2.15. The molecule has 0 radical (unpaired) electrons. The lowest BCUT2D eigenvalue weighted by Crippen LogP contribution is -2.48. The van der Waals surface area contributed by atoms with Crippen LogP contribution in [0.5, 0.6) is 0 Å². The summed E-state index contributed by atoms with van der Waals surface area (Å²) in [5.41, 5.74) is 0. The van der Waals surface area contributed by atoms with Crippen molar-refractivity contribution in [2.45, 2.75) is 46.6 Å². The highest BCUT2D eigenvalue weighted by molar-refractivity contribution is 5.89. The zero-order valence-corrected chi connectivity index (χ0v) is 14.0. The second-order valence-corrected chi connectivity index (χ2v) is 6.27. The van der Waals surface area contributed by atoms with Gasteiger partial charge in [-0.05, 0) is 18.3 Å². The van der Waals surface area contributed by atoms with E-state index in [0.717, 1.165) is 0 Å². The molecule has 0 fully saturated rings. The van der Waals surface area contributed by atoms with Crippen LogP contribution in [0.3, 0.4) is 0 Å². The standard InChI is InChI=1S/C15H26N2O6/c1-8(2)5-10(6-12(19)20)14(21)16-7-11(18)17-13(9(3)4)15(22)23/h8-10,13H,5-7H2,1-4H3,(H,16,21)(H,17,18)(H,19,20)(H,22,23)/t10?,13-/m0/s1. The Kier molecular flexibility index (Phi) is 8.90. The summed E-state index contributed by atoms with van der Waals surface area (Å²) in [5.74, 6) is -4.26. The number of aliphatic carboxylic acids is 2. The fraction of sp³-hybridized carbons (Fsp3) is 0.733. The van der Waals surface area contributed by atoms with Gasteiger partial charge in [0.2, 0.25) is 11.8 Å². The number of carbonyl (C=O) groups excluding carboxylic acids is 2. The van der Waals surface area contributed by atoms with Crippen LogP contribution in [0.4, 0.5) is 0 Å². The Labute approximate surface area is 135 Å². The van der Waals surface area contributed by atoms with E-state index in [1.54, 1.807) is 13.8 Å². The zero-order valence-electron chi connectivity index (χ0n) is 14.0. The fourth-order valence-electron chi connectivity index (χ4n) is 2.11. The largest absolute Gasteiger partial charge is 0.481 e. The number of hydrogen-bond acceptors (Lipinski definition) is 4. The smallest absolute Gasteiger partial charge is 0.326 e. The van der Waals surface area contributed by atoms with E-state index >= 15 is 0 Å². The Bertz CT molecular complexity index is 447. The highest BCUT2D eigenvalue weighted by Gasteiger charge is 2.25. The van der Waals surface area contributed by atoms with Crippen molar-refractivity contribution < 1.29 is 29.4 Å². The van der Waals surface area contributed by atoms with Gasteiger partial charge in [0.25, 0.3) is 0 Å². The average Bonchev–Trinajstić information content (AvgIpc) is 2.39. The molecule has 0 bridgehead atoms. The van der Waals surface area contributed by atoms with Crippen molar-refractivity contribution >= 4 is 23.8 Å². The highest BCUT2D eigenvalue weighted by atomic mass is 16.4. The van der Waals surface area contributed by atoms with Gasteiger partial charge in [-0.25, -0.2) is 4.79 Å². The molecule has 0 aliphatic rings. The third-order valence-corrected chi connectivity index (χ3v) is 3.22. The minimum atomic E-state index is -1.15. The topological polar surface area (TPSA) is 133 Å². The Morgan fingerprint density at radius 1 is 1.00 bits per heavy atom. The molecular formula is C15H26N2O6. The van der Waals surface area contributed by atoms with Gasteiger partial charge in [0.15, 0.2) is 0 Å². The van der Waals surface area contributed by atoms with Crippen molar-refractivity contribution in [2.24, 2.45) is 17.8 Å². The molecule has 0 spiro atoms. The molecule has 2 atom stereocenters. The summed E-state index contributed by atoms with van der Waals surface area (Å²) in [5, 5.41) is 22.5. The predicted molar refractivity (Wildman–Crippen MR) is 82.6 cm³/mol. The van der Waals surface area contributed by atoms with Gasteiger partial charge in [-0.2, -0.15) is 0 Å². The van der Waals surface area contributed by atoms with Crippen LogP contribution in [0.25, 0.3) is 0 Å². The second-order valence-electron chi connectivity index (χ2n) is 6.27. The van der Waals surface area contributed by atoms with E-state index < -0.39 is 35.7 Å². The lowest BCUT2D eigenvalue weighted by atomic mass is 9.93. The number of hydrogen-bond donors (Lipinski definition) is 4. The third-order valence-electron chi connectivity index (χ3n) is 3.22. The minimum absolute atomic E-state index is 0.135. The predicted octanol–water partition coefficient (Wildman–Crippen LogP) is 0.465. The Morgan fingerprint density at radius 3 is 1.96 bits per heavy atom. The summed E-state index contributed by atoms with van der Waals surface area (Å²) >= 11 is 0. The maximum Gasteiger partial charge on any atom is 0.326 e. The van der Waals surface area contributed by atoms with Crippen molar-refractivity contribution in [1.29, 1.82) is 0 Å². The van der Waals surface area contributed by atoms with Crippen molar-refractivity contribution in [3.8, 4) is 0 Å². The molecule has 1 unspecified atom stereocenters. The summed E-state index contributed by atoms with van der Waals surface area (Å²) in [4.78, 5) is 45.5. The van der Waals surface area contributed by atoms with Gasteiger partial charge < -0.3 is 20.8 Å². The first kappa shape index (κ1) is 20.9. The summed E-state index contributed by atoms with van der Waals surface area (Å²) in [6.45, 7) is 6.67. The van der Waals surface area contributed by atoms with Gasteiger partial charge in [-0.3, -0.25) is 14.4 Å². The van der Waals surface area contributed by atoms with E-state index in [4.69, 9.17) is 10.2 Å². The average molecular weight is 330 g/mol. The van der Waals surface area contributed by atoms with Crippen LogP contribution in [-0.4, -0.2) is 46.6 Å². The summed E-state index contributed by atoms with van der Waals surface area (Å²) < 4.78 is 0. The molecule has 0 aromatic carbocycles. The van der Waals surface area contributed by atoms with Crippen LogP contribution in [0.2, 0.25) is 0 Å². The Morgan fingerprint density at radius 2 is 1.57 bits per heavy atom. The molecule has 8 nitrogen and oxygen atoms in total. The van der Waals surface area contributed by atoms with Crippen LogP contribution < -0.4 is 10.6 Å². The van der Waals surface area contributed by atoms with Gasteiger partial charge in [-0.15, -0.1) is 0 Å². The summed E-state index contributed by atoms with van der Waals surface area (Å²) in [6.07, 6.45) is 0.0822. The molecule has 8 heteroatoms. The van der Waals surface area contributed by atoms with Crippen molar-refractivity contribution in [3.63, 3.8) is 0 Å². The number of nitrogens with one attached hydrogen (secondary N) is 2. The van der Waals surface area contributed by atoms with E-state index in [1.165, 1.54) is 0 Å². The second kappa shape index (κ2) is 9.81. The molecule has 0 saturated heterocycles. The number of carboxylic acids is 2. The molecular weight excluding hydrogens is 304 g/mol. The van der Waals surface area contributed by atoms with Crippen molar-refractivity contribution in [2.75, 3.05) is 6.54 Å². The fourth-order valence-corrected chi connectivity index (χ4v) is 2.11. The molecule has 0 saturated carbocycles. The number of rotatable bonds is 10. The summed E-state index contributed by atoms with van der Waals surface area (Å²) in [6, 6.07) is -1.04. The first-order valence-electron chi connectivity index (χ1n) is 7.56. The van der Waals surface area contributed by atoms with Gasteiger partial charge in [0.05, 0.1) is 13.0 Å². The molecule has 23 heavy (non-hydrogen) atoms. The van der Waals surface area contributed by atoms with Gasteiger partial charge in [0.1, 0.15) is 6.04 Å². The van der Waals surface area contributed by atoms with Crippen LogP contribution in [0.15, 0.2) is 0 Å².